The number of fused-ring (bicyclic) bond motifs is 1. The zero-order chi connectivity index (χ0) is 17.9. The number of rotatable bonds is 5. The number of nitrogens with zero attached hydrogens (tertiary/aromatic N) is 2. The van der Waals surface area contributed by atoms with Crippen molar-refractivity contribution in [2.24, 2.45) is 0 Å². The van der Waals surface area contributed by atoms with Crippen molar-refractivity contribution < 1.29 is 14.1 Å². The molecule has 2 aromatic carbocycles. The maximum atomic E-state index is 12.5. The summed E-state index contributed by atoms with van der Waals surface area (Å²) >= 11 is 0. The highest BCUT2D eigenvalue weighted by atomic mass is 16.5. The second kappa shape index (κ2) is 7.04. The fourth-order valence-corrected chi connectivity index (χ4v) is 3.54. The molecule has 0 fully saturated rings. The predicted molar refractivity (Wildman–Crippen MR) is 100 cm³/mol. The maximum Gasteiger partial charge on any atom is 0.266 e. The van der Waals surface area contributed by atoms with Crippen LogP contribution < -0.4 is 14.6 Å². The van der Waals surface area contributed by atoms with Gasteiger partial charge in [-0.1, -0.05) is 36.4 Å². The second-order valence-electron chi connectivity index (χ2n) is 6.46. The lowest BCUT2D eigenvalue weighted by Gasteiger charge is -2.06. The number of aromatic nitrogens is 2. The van der Waals surface area contributed by atoms with Crippen molar-refractivity contribution in [3.63, 3.8) is 0 Å². The molecule has 5 nitrogen and oxygen atoms in total. The van der Waals surface area contributed by atoms with E-state index in [9.17, 15) is 4.79 Å². The number of ether oxygens (including phenoxy) is 1. The highest BCUT2D eigenvalue weighted by Crippen LogP contribution is 2.24. The van der Waals surface area contributed by atoms with Gasteiger partial charge >= 0.3 is 0 Å². The summed E-state index contributed by atoms with van der Waals surface area (Å²) in [6.07, 6.45) is 4.21. The molecule has 0 aliphatic carbocycles. The minimum absolute atomic E-state index is 0.0387. The number of amides is 1. The Balaban J connectivity index is 1.56. The Labute approximate surface area is 152 Å². The van der Waals surface area contributed by atoms with Gasteiger partial charge in [0.05, 0.1) is 20.1 Å². The Morgan fingerprint density at radius 1 is 1.19 bits per heavy atom. The van der Waals surface area contributed by atoms with Gasteiger partial charge in [-0.15, -0.1) is 0 Å². The Morgan fingerprint density at radius 3 is 2.85 bits per heavy atom. The third-order valence-corrected chi connectivity index (χ3v) is 4.73. The smallest absolute Gasteiger partial charge is 0.266 e. The lowest BCUT2D eigenvalue weighted by Crippen LogP contribution is -2.42. The lowest BCUT2D eigenvalue weighted by atomic mass is 10.2. The van der Waals surface area contributed by atoms with Crippen molar-refractivity contribution in [2.45, 2.75) is 25.9 Å². The summed E-state index contributed by atoms with van der Waals surface area (Å²) in [6.45, 7) is 1.31. The van der Waals surface area contributed by atoms with Crippen molar-refractivity contribution in [3.05, 3.63) is 66.6 Å². The monoisotopic (exact) mass is 348 g/mol. The molecule has 0 bridgehead atoms. The lowest BCUT2D eigenvalue weighted by molar-refractivity contribution is -0.690. The van der Waals surface area contributed by atoms with Gasteiger partial charge in [-0.3, -0.25) is 4.79 Å². The average molecular weight is 348 g/mol. The van der Waals surface area contributed by atoms with Crippen LogP contribution in [0.25, 0.3) is 11.3 Å². The van der Waals surface area contributed by atoms with Gasteiger partial charge in [-0.05, 0) is 18.6 Å². The molecule has 1 aliphatic heterocycles. The Morgan fingerprint density at radius 2 is 2.04 bits per heavy atom. The predicted octanol–water partition coefficient (Wildman–Crippen LogP) is 3.04. The molecule has 4 rings (SSSR count). The fraction of sp³-hybridized carbons (Fsp3) is 0.238. The van der Waals surface area contributed by atoms with Crippen molar-refractivity contribution >= 4 is 11.6 Å². The molecule has 1 aromatic heterocycles. The molecule has 0 saturated heterocycles. The zero-order valence-corrected chi connectivity index (χ0v) is 14.8. The van der Waals surface area contributed by atoms with Gasteiger partial charge < -0.3 is 10.1 Å². The van der Waals surface area contributed by atoms with Crippen LogP contribution in [0, 0.1) is 0 Å². The molecular weight excluding hydrogens is 326 g/mol. The molecule has 2 heterocycles. The highest BCUT2D eigenvalue weighted by Gasteiger charge is 2.29. The van der Waals surface area contributed by atoms with E-state index < -0.39 is 0 Å². The maximum absolute atomic E-state index is 12.5. The van der Waals surface area contributed by atoms with Crippen LogP contribution in [0.15, 0.2) is 60.8 Å². The van der Waals surface area contributed by atoms with Gasteiger partial charge in [0.15, 0.2) is 12.2 Å². The SMILES string of the molecule is COc1cccc(NC(=O)C[n+]2cc(-c3ccccc3)n3c2CCC3)c1. The van der Waals surface area contributed by atoms with E-state index in [2.05, 4.69) is 32.8 Å². The molecule has 1 aliphatic rings. The van der Waals surface area contributed by atoms with Crippen molar-refractivity contribution in [3.8, 4) is 17.0 Å². The number of anilines is 1. The number of imidazole rings is 1. The molecular formula is C21H22N3O2+. The fourth-order valence-electron chi connectivity index (χ4n) is 3.54. The van der Waals surface area contributed by atoms with Gasteiger partial charge in [0, 0.05) is 17.3 Å². The van der Waals surface area contributed by atoms with Gasteiger partial charge in [0.2, 0.25) is 0 Å². The molecule has 0 atom stereocenters. The summed E-state index contributed by atoms with van der Waals surface area (Å²) in [6, 6.07) is 17.7. The van der Waals surface area contributed by atoms with Crippen LogP contribution in [-0.2, 0) is 24.3 Å². The standard InChI is InChI=1S/C21H21N3O2/c1-26-18-10-5-9-17(13-18)22-20(25)15-23-14-19(16-7-3-2-4-8-16)24-12-6-11-21(23)24/h2-5,7-10,13-14H,6,11-12,15H2,1H3/p+1. The first-order chi connectivity index (χ1) is 12.7. The van der Waals surface area contributed by atoms with Crippen LogP contribution in [0.2, 0.25) is 0 Å². The molecule has 0 radical (unpaired) electrons. The summed E-state index contributed by atoms with van der Waals surface area (Å²) in [5, 5.41) is 2.96. The summed E-state index contributed by atoms with van der Waals surface area (Å²) in [7, 11) is 1.62. The summed E-state index contributed by atoms with van der Waals surface area (Å²) in [5.74, 6) is 1.90. The number of carbonyl (C=O) groups is 1. The van der Waals surface area contributed by atoms with E-state index in [0.717, 1.165) is 30.8 Å². The van der Waals surface area contributed by atoms with E-state index in [4.69, 9.17) is 4.74 Å². The van der Waals surface area contributed by atoms with Crippen LogP contribution in [-0.4, -0.2) is 17.6 Å². The van der Waals surface area contributed by atoms with Gasteiger partial charge in [0.1, 0.15) is 11.9 Å². The molecule has 0 spiro atoms. The number of benzene rings is 2. The number of nitrogens with one attached hydrogen (secondary N) is 1. The van der Waals surface area contributed by atoms with E-state index in [-0.39, 0.29) is 5.91 Å². The molecule has 132 valence electrons. The Hall–Kier alpha value is -3.08. The first kappa shape index (κ1) is 16.4. The number of methoxy groups -OCH3 is 1. The van der Waals surface area contributed by atoms with Crippen molar-refractivity contribution in [1.29, 1.82) is 0 Å². The number of hydrogen-bond donors (Lipinski definition) is 1. The number of hydrogen-bond acceptors (Lipinski definition) is 2. The van der Waals surface area contributed by atoms with E-state index in [1.54, 1.807) is 7.11 Å². The topological polar surface area (TPSA) is 47.1 Å². The number of carbonyl (C=O) groups excluding carboxylic acids is 1. The third-order valence-electron chi connectivity index (χ3n) is 4.73. The first-order valence-electron chi connectivity index (χ1n) is 8.86. The largest absolute Gasteiger partial charge is 0.497 e. The normalized spacial score (nSPS) is 12.7. The summed E-state index contributed by atoms with van der Waals surface area (Å²) < 4.78 is 9.61. The van der Waals surface area contributed by atoms with Crippen LogP contribution in [0.5, 0.6) is 5.75 Å². The van der Waals surface area contributed by atoms with Crippen LogP contribution in [0.3, 0.4) is 0 Å². The zero-order valence-electron chi connectivity index (χ0n) is 14.8. The molecule has 5 heteroatoms. The minimum atomic E-state index is -0.0387. The van der Waals surface area contributed by atoms with E-state index in [1.807, 2.05) is 42.5 Å². The molecule has 0 unspecified atom stereocenters. The average Bonchev–Trinajstić information content (AvgIpc) is 3.26. The van der Waals surface area contributed by atoms with Gasteiger partial charge in [-0.25, -0.2) is 9.13 Å². The Kier molecular flexibility index (Phi) is 4.44. The van der Waals surface area contributed by atoms with E-state index >= 15 is 0 Å². The van der Waals surface area contributed by atoms with Crippen LogP contribution >= 0.6 is 0 Å². The summed E-state index contributed by atoms with van der Waals surface area (Å²) in [5.41, 5.74) is 3.10. The first-order valence-corrected chi connectivity index (χ1v) is 8.86. The molecule has 26 heavy (non-hydrogen) atoms. The van der Waals surface area contributed by atoms with E-state index in [1.165, 1.54) is 17.1 Å². The second-order valence-corrected chi connectivity index (χ2v) is 6.46. The van der Waals surface area contributed by atoms with Crippen molar-refractivity contribution in [1.82, 2.24) is 4.57 Å². The third kappa shape index (κ3) is 3.20. The van der Waals surface area contributed by atoms with Crippen molar-refractivity contribution in [2.75, 3.05) is 12.4 Å². The van der Waals surface area contributed by atoms with Gasteiger partial charge in [0.25, 0.3) is 11.7 Å². The molecule has 0 saturated carbocycles. The van der Waals surface area contributed by atoms with Crippen LogP contribution in [0.4, 0.5) is 5.69 Å². The molecule has 1 N–H and O–H groups in total. The summed E-state index contributed by atoms with van der Waals surface area (Å²) in [4.78, 5) is 12.5. The minimum Gasteiger partial charge on any atom is -0.497 e. The van der Waals surface area contributed by atoms with Crippen LogP contribution in [0.1, 0.15) is 12.2 Å². The van der Waals surface area contributed by atoms with E-state index in [0.29, 0.717) is 6.54 Å². The Bertz CT molecular complexity index is 932. The quantitative estimate of drug-likeness (QED) is 0.721. The molecule has 3 aromatic rings. The molecule has 1 amide bonds. The highest BCUT2D eigenvalue weighted by molar-refractivity contribution is 5.89. The van der Waals surface area contributed by atoms with Gasteiger partial charge in [-0.2, -0.15) is 0 Å².